The van der Waals surface area contributed by atoms with E-state index >= 15 is 0 Å². The summed E-state index contributed by atoms with van der Waals surface area (Å²) in [5.74, 6) is -0.766. The molecule has 0 fully saturated rings. The third-order valence-corrected chi connectivity index (χ3v) is 5.69. The van der Waals surface area contributed by atoms with Crippen molar-refractivity contribution >= 4 is 62.8 Å². The summed E-state index contributed by atoms with van der Waals surface area (Å²) < 4.78 is 12.1. The molecule has 0 aromatic heterocycles. The number of ether oxygens (including phenoxy) is 2. The van der Waals surface area contributed by atoms with Crippen LogP contribution in [0, 0.1) is 6.92 Å². The van der Waals surface area contributed by atoms with Crippen molar-refractivity contribution in [3.05, 3.63) is 85.8 Å². The minimum Gasteiger partial charge on any atom is -0.493 e. The van der Waals surface area contributed by atoms with Gasteiger partial charge in [0.2, 0.25) is 0 Å². The van der Waals surface area contributed by atoms with E-state index in [2.05, 4.69) is 31.8 Å². The molecule has 0 radical (unpaired) electrons. The van der Waals surface area contributed by atoms with Gasteiger partial charge >= 0.3 is 11.8 Å². The number of amides is 2. The second kappa shape index (κ2) is 11.9. The number of halogens is 3. The van der Waals surface area contributed by atoms with Crippen LogP contribution in [-0.4, -0.2) is 25.1 Å². The highest BCUT2D eigenvalue weighted by atomic mass is 79.9. The van der Waals surface area contributed by atoms with Gasteiger partial charge in [0, 0.05) is 25.8 Å². The standard InChI is InChI=1S/C24H20BrCl2N3O4/c1-14-9-17(25)5-7-20(14)29-23(31)24(32)30-28-12-15-3-8-21(22(10-15)33-2)34-13-16-4-6-18(26)11-19(16)27/h3-12H,13H2,1-2H3,(H,29,31)(H,30,32)/b28-12+. The van der Waals surface area contributed by atoms with Gasteiger partial charge in [-0.3, -0.25) is 9.59 Å². The number of carbonyl (C=O) groups is 2. The van der Waals surface area contributed by atoms with Gasteiger partial charge in [-0.05, 0) is 66.6 Å². The van der Waals surface area contributed by atoms with E-state index in [0.717, 1.165) is 15.6 Å². The molecule has 7 nitrogen and oxygen atoms in total. The van der Waals surface area contributed by atoms with Crippen LogP contribution in [0.4, 0.5) is 5.69 Å². The zero-order valence-corrected chi connectivity index (χ0v) is 21.3. The Balaban J connectivity index is 1.58. The quantitative estimate of drug-likeness (QED) is 0.217. The van der Waals surface area contributed by atoms with Gasteiger partial charge in [-0.15, -0.1) is 0 Å². The smallest absolute Gasteiger partial charge is 0.329 e. The van der Waals surface area contributed by atoms with E-state index in [9.17, 15) is 9.59 Å². The van der Waals surface area contributed by atoms with Crippen LogP contribution in [0.25, 0.3) is 0 Å². The van der Waals surface area contributed by atoms with Gasteiger partial charge < -0.3 is 14.8 Å². The molecule has 0 unspecified atom stereocenters. The second-order valence-electron chi connectivity index (χ2n) is 7.05. The van der Waals surface area contributed by atoms with Crippen molar-refractivity contribution in [1.29, 1.82) is 0 Å². The Hall–Kier alpha value is -3.07. The Bertz CT molecular complexity index is 1250. The topological polar surface area (TPSA) is 89.0 Å². The fourth-order valence-corrected chi connectivity index (χ4v) is 3.78. The minimum absolute atomic E-state index is 0.225. The Morgan fingerprint density at radius 2 is 1.82 bits per heavy atom. The number of methoxy groups -OCH3 is 1. The number of nitrogens with one attached hydrogen (secondary N) is 2. The first-order chi connectivity index (χ1) is 16.3. The van der Waals surface area contributed by atoms with Crippen LogP contribution in [0.3, 0.4) is 0 Å². The predicted molar refractivity (Wildman–Crippen MR) is 137 cm³/mol. The molecule has 176 valence electrons. The minimum atomic E-state index is -0.898. The number of nitrogens with zero attached hydrogens (tertiary/aromatic N) is 1. The lowest BCUT2D eigenvalue weighted by Gasteiger charge is -2.12. The fraction of sp³-hybridized carbons (Fsp3) is 0.125. The van der Waals surface area contributed by atoms with Crippen LogP contribution in [-0.2, 0) is 16.2 Å². The third kappa shape index (κ3) is 6.96. The maximum absolute atomic E-state index is 12.1. The van der Waals surface area contributed by atoms with Gasteiger partial charge in [-0.2, -0.15) is 5.10 Å². The number of hydrazone groups is 1. The average Bonchev–Trinajstić information content (AvgIpc) is 2.80. The molecule has 2 N–H and O–H groups in total. The summed E-state index contributed by atoms with van der Waals surface area (Å²) in [6.45, 7) is 2.05. The normalized spacial score (nSPS) is 10.7. The van der Waals surface area contributed by atoms with E-state index in [4.69, 9.17) is 32.7 Å². The average molecular weight is 565 g/mol. The lowest BCUT2D eigenvalue weighted by atomic mass is 10.2. The first-order valence-electron chi connectivity index (χ1n) is 9.92. The van der Waals surface area contributed by atoms with Crippen LogP contribution in [0.2, 0.25) is 10.0 Å². The fourth-order valence-electron chi connectivity index (χ4n) is 2.84. The Labute approximate surface area is 215 Å². The number of hydrogen-bond acceptors (Lipinski definition) is 5. The molecule has 0 spiro atoms. The number of rotatable bonds is 7. The van der Waals surface area contributed by atoms with E-state index in [1.807, 2.05) is 13.0 Å². The second-order valence-corrected chi connectivity index (χ2v) is 8.81. The first kappa shape index (κ1) is 25.6. The van der Waals surface area contributed by atoms with E-state index in [1.54, 1.807) is 48.5 Å². The molecule has 34 heavy (non-hydrogen) atoms. The molecule has 0 bridgehead atoms. The van der Waals surface area contributed by atoms with Crippen molar-refractivity contribution in [3.8, 4) is 11.5 Å². The zero-order chi connectivity index (χ0) is 24.7. The summed E-state index contributed by atoms with van der Waals surface area (Å²) in [7, 11) is 1.51. The van der Waals surface area contributed by atoms with E-state index in [1.165, 1.54) is 13.3 Å². The molecule has 0 atom stereocenters. The van der Waals surface area contributed by atoms with Gasteiger partial charge in [0.25, 0.3) is 0 Å². The monoisotopic (exact) mass is 563 g/mol. The third-order valence-electron chi connectivity index (χ3n) is 4.61. The van der Waals surface area contributed by atoms with Gasteiger partial charge in [0.1, 0.15) is 6.61 Å². The SMILES string of the molecule is COc1cc(/C=N/NC(=O)C(=O)Nc2ccc(Br)cc2C)ccc1OCc1ccc(Cl)cc1Cl. The summed E-state index contributed by atoms with van der Waals surface area (Å²) in [4.78, 5) is 24.2. The van der Waals surface area contributed by atoms with E-state index in [0.29, 0.717) is 32.8 Å². The first-order valence-corrected chi connectivity index (χ1v) is 11.5. The summed E-state index contributed by atoms with van der Waals surface area (Å²) in [6, 6.07) is 15.6. The Kier molecular flexibility index (Phi) is 8.92. The molecule has 0 aliphatic carbocycles. The number of anilines is 1. The molecule has 3 rings (SSSR count). The molecule has 0 heterocycles. The van der Waals surface area contributed by atoms with Crippen LogP contribution in [0.5, 0.6) is 11.5 Å². The zero-order valence-electron chi connectivity index (χ0n) is 18.2. The molecule has 0 aliphatic heterocycles. The highest BCUT2D eigenvalue weighted by molar-refractivity contribution is 9.10. The van der Waals surface area contributed by atoms with E-state index < -0.39 is 11.8 Å². The molecular formula is C24H20BrCl2N3O4. The van der Waals surface area contributed by atoms with Gasteiger partial charge in [-0.25, -0.2) is 5.43 Å². The molecule has 2 amide bonds. The Morgan fingerprint density at radius 3 is 2.53 bits per heavy atom. The predicted octanol–water partition coefficient (Wildman–Crippen LogP) is 5.74. The lowest BCUT2D eigenvalue weighted by Crippen LogP contribution is -2.32. The lowest BCUT2D eigenvalue weighted by molar-refractivity contribution is -0.136. The summed E-state index contributed by atoms with van der Waals surface area (Å²) in [5.41, 5.74) is 4.95. The summed E-state index contributed by atoms with van der Waals surface area (Å²) >= 11 is 15.4. The van der Waals surface area contributed by atoms with Gasteiger partial charge in [0.05, 0.1) is 13.3 Å². The van der Waals surface area contributed by atoms with Crippen molar-refractivity contribution < 1.29 is 19.1 Å². The molecule has 3 aromatic carbocycles. The summed E-state index contributed by atoms with van der Waals surface area (Å²) in [5, 5.41) is 7.44. The number of aryl methyl sites for hydroxylation is 1. The highest BCUT2D eigenvalue weighted by Gasteiger charge is 2.14. The number of benzene rings is 3. The van der Waals surface area contributed by atoms with Crippen molar-refractivity contribution in [2.24, 2.45) is 5.10 Å². The van der Waals surface area contributed by atoms with Gasteiger partial charge in [-0.1, -0.05) is 45.2 Å². The van der Waals surface area contributed by atoms with Crippen molar-refractivity contribution in [1.82, 2.24) is 5.43 Å². The van der Waals surface area contributed by atoms with Crippen LogP contribution < -0.4 is 20.2 Å². The number of carbonyl (C=O) groups excluding carboxylic acids is 2. The molecule has 0 aliphatic rings. The number of hydrogen-bond donors (Lipinski definition) is 2. The Morgan fingerprint density at radius 1 is 1.03 bits per heavy atom. The largest absolute Gasteiger partial charge is 0.493 e. The molecular weight excluding hydrogens is 545 g/mol. The molecule has 0 saturated carbocycles. The summed E-state index contributed by atoms with van der Waals surface area (Å²) in [6.07, 6.45) is 1.39. The highest BCUT2D eigenvalue weighted by Crippen LogP contribution is 2.30. The van der Waals surface area contributed by atoms with E-state index in [-0.39, 0.29) is 6.61 Å². The maximum atomic E-state index is 12.1. The van der Waals surface area contributed by atoms with Crippen LogP contribution in [0.15, 0.2) is 64.2 Å². The molecule has 3 aromatic rings. The van der Waals surface area contributed by atoms with Crippen molar-refractivity contribution in [3.63, 3.8) is 0 Å². The van der Waals surface area contributed by atoms with Crippen LogP contribution >= 0.6 is 39.1 Å². The van der Waals surface area contributed by atoms with Crippen molar-refractivity contribution in [2.75, 3.05) is 12.4 Å². The van der Waals surface area contributed by atoms with Crippen molar-refractivity contribution in [2.45, 2.75) is 13.5 Å². The molecule has 0 saturated heterocycles. The van der Waals surface area contributed by atoms with Crippen LogP contribution in [0.1, 0.15) is 16.7 Å². The van der Waals surface area contributed by atoms with Gasteiger partial charge in [0.15, 0.2) is 11.5 Å². The molecule has 10 heteroatoms. The maximum Gasteiger partial charge on any atom is 0.329 e.